The smallest absolute Gasteiger partial charge is 0.227 e. The number of rotatable bonds is 5. The van der Waals surface area contributed by atoms with Crippen molar-refractivity contribution in [3.63, 3.8) is 0 Å². The maximum atomic E-state index is 12.1. The van der Waals surface area contributed by atoms with E-state index in [-0.39, 0.29) is 23.8 Å². The van der Waals surface area contributed by atoms with Gasteiger partial charge in [-0.2, -0.15) is 0 Å². The van der Waals surface area contributed by atoms with Gasteiger partial charge in [-0.1, -0.05) is 13.8 Å². The van der Waals surface area contributed by atoms with Gasteiger partial charge < -0.3 is 15.4 Å². The number of hydrogen-bond donors (Lipinski definition) is 2. The molecule has 0 aliphatic carbocycles. The summed E-state index contributed by atoms with van der Waals surface area (Å²) in [6.45, 7) is 8.30. The molecule has 0 spiro atoms. The van der Waals surface area contributed by atoms with Crippen molar-refractivity contribution in [1.29, 1.82) is 0 Å². The van der Waals surface area contributed by atoms with Crippen molar-refractivity contribution >= 4 is 17.5 Å². The van der Waals surface area contributed by atoms with Gasteiger partial charge in [0.15, 0.2) is 0 Å². The average molecular weight is 318 g/mol. The molecular weight excluding hydrogens is 292 g/mol. The molecule has 23 heavy (non-hydrogen) atoms. The fourth-order valence-electron chi connectivity index (χ4n) is 2.63. The summed E-state index contributed by atoms with van der Waals surface area (Å²) in [7, 11) is 0. The Bertz CT molecular complexity index is 582. The normalized spacial score (nSPS) is 16.7. The van der Waals surface area contributed by atoms with Gasteiger partial charge in [0, 0.05) is 18.2 Å². The highest BCUT2D eigenvalue weighted by atomic mass is 16.5. The molecule has 126 valence electrons. The Kier molecular flexibility index (Phi) is 5.64. The van der Waals surface area contributed by atoms with Gasteiger partial charge >= 0.3 is 0 Å². The van der Waals surface area contributed by atoms with Gasteiger partial charge in [-0.3, -0.25) is 9.59 Å². The number of amides is 2. The molecule has 0 saturated heterocycles. The van der Waals surface area contributed by atoms with Crippen LogP contribution in [0.25, 0.3) is 0 Å². The van der Waals surface area contributed by atoms with Gasteiger partial charge in [0.1, 0.15) is 12.4 Å². The van der Waals surface area contributed by atoms with Crippen molar-refractivity contribution in [2.24, 2.45) is 11.8 Å². The lowest BCUT2D eigenvalue weighted by atomic mass is 9.95. The topological polar surface area (TPSA) is 67.4 Å². The van der Waals surface area contributed by atoms with E-state index in [0.717, 1.165) is 17.0 Å². The first-order chi connectivity index (χ1) is 10.8. The zero-order chi connectivity index (χ0) is 17.0. The van der Waals surface area contributed by atoms with Gasteiger partial charge in [-0.15, -0.1) is 0 Å². The standard InChI is InChI=1S/C18H26N2O3/c1-11(2)7-17(21)20-15-5-6-16-13(9-15)8-14(10-23-16)18(22)19-12(3)4/h5-6,9,11-12,14H,7-8,10H2,1-4H3,(H,19,22)(H,20,21)/t14-/m0/s1. The second-order valence-electron chi connectivity index (χ2n) is 6.84. The minimum Gasteiger partial charge on any atom is -0.492 e. The molecule has 1 heterocycles. The average Bonchev–Trinajstić information content (AvgIpc) is 2.44. The first-order valence-electron chi connectivity index (χ1n) is 8.21. The van der Waals surface area contributed by atoms with Crippen LogP contribution in [0.1, 0.15) is 39.7 Å². The highest BCUT2D eigenvalue weighted by Gasteiger charge is 2.26. The van der Waals surface area contributed by atoms with Crippen LogP contribution in [0.4, 0.5) is 5.69 Å². The molecule has 1 aliphatic heterocycles. The summed E-state index contributed by atoms with van der Waals surface area (Å²) in [6, 6.07) is 5.72. The van der Waals surface area contributed by atoms with Crippen LogP contribution >= 0.6 is 0 Å². The van der Waals surface area contributed by atoms with Crippen LogP contribution in [0.15, 0.2) is 18.2 Å². The van der Waals surface area contributed by atoms with Crippen molar-refractivity contribution < 1.29 is 14.3 Å². The first-order valence-corrected chi connectivity index (χ1v) is 8.21. The molecule has 5 heteroatoms. The Hall–Kier alpha value is -2.04. The fourth-order valence-corrected chi connectivity index (χ4v) is 2.63. The second-order valence-corrected chi connectivity index (χ2v) is 6.84. The molecule has 0 unspecified atom stereocenters. The molecule has 5 nitrogen and oxygen atoms in total. The molecular formula is C18H26N2O3. The van der Waals surface area contributed by atoms with Crippen molar-refractivity contribution in [2.45, 2.75) is 46.6 Å². The van der Waals surface area contributed by atoms with E-state index in [1.54, 1.807) is 0 Å². The summed E-state index contributed by atoms with van der Waals surface area (Å²) >= 11 is 0. The predicted molar refractivity (Wildman–Crippen MR) is 90.5 cm³/mol. The van der Waals surface area contributed by atoms with E-state index in [0.29, 0.717) is 25.4 Å². The molecule has 2 N–H and O–H groups in total. The number of carbonyl (C=O) groups excluding carboxylic acids is 2. The summed E-state index contributed by atoms with van der Waals surface area (Å²) in [5.41, 5.74) is 1.71. The lowest BCUT2D eigenvalue weighted by Gasteiger charge is -2.26. The monoisotopic (exact) mass is 318 g/mol. The lowest BCUT2D eigenvalue weighted by Crippen LogP contribution is -2.40. The van der Waals surface area contributed by atoms with E-state index in [4.69, 9.17) is 4.74 Å². The Morgan fingerprint density at radius 3 is 2.65 bits per heavy atom. The summed E-state index contributed by atoms with van der Waals surface area (Å²) in [5.74, 6) is 0.942. The quantitative estimate of drug-likeness (QED) is 0.877. The minimum atomic E-state index is -0.188. The first kappa shape index (κ1) is 17.3. The highest BCUT2D eigenvalue weighted by Crippen LogP contribution is 2.30. The van der Waals surface area contributed by atoms with Crippen molar-refractivity contribution in [3.8, 4) is 5.75 Å². The van der Waals surface area contributed by atoms with Crippen LogP contribution in [0.3, 0.4) is 0 Å². The van der Waals surface area contributed by atoms with E-state index in [2.05, 4.69) is 10.6 Å². The SMILES string of the molecule is CC(C)CC(=O)Nc1ccc2c(c1)C[C@H](C(=O)NC(C)C)CO2. The minimum absolute atomic E-state index is 0.00535. The molecule has 0 aromatic heterocycles. The van der Waals surface area contributed by atoms with Crippen molar-refractivity contribution in [1.82, 2.24) is 5.32 Å². The highest BCUT2D eigenvalue weighted by molar-refractivity contribution is 5.91. The summed E-state index contributed by atoms with van der Waals surface area (Å²) < 4.78 is 5.69. The number of benzene rings is 1. The number of ether oxygens (including phenoxy) is 1. The third kappa shape index (κ3) is 4.98. The Balaban J connectivity index is 2.05. The third-order valence-electron chi connectivity index (χ3n) is 3.65. The van der Waals surface area contributed by atoms with E-state index in [1.165, 1.54) is 0 Å². The fraction of sp³-hybridized carbons (Fsp3) is 0.556. The van der Waals surface area contributed by atoms with Crippen molar-refractivity contribution in [2.75, 3.05) is 11.9 Å². The van der Waals surface area contributed by atoms with E-state index in [9.17, 15) is 9.59 Å². The zero-order valence-corrected chi connectivity index (χ0v) is 14.3. The molecule has 0 fully saturated rings. The Morgan fingerprint density at radius 2 is 2.00 bits per heavy atom. The van der Waals surface area contributed by atoms with Crippen LogP contribution in [0.5, 0.6) is 5.75 Å². The number of nitrogens with one attached hydrogen (secondary N) is 2. The molecule has 0 radical (unpaired) electrons. The summed E-state index contributed by atoms with van der Waals surface area (Å²) in [5, 5.41) is 5.83. The molecule has 1 aliphatic rings. The zero-order valence-electron chi connectivity index (χ0n) is 14.3. The van der Waals surface area contributed by atoms with Crippen LogP contribution in [0.2, 0.25) is 0 Å². The van der Waals surface area contributed by atoms with Gasteiger partial charge in [0.05, 0.1) is 5.92 Å². The van der Waals surface area contributed by atoms with E-state index >= 15 is 0 Å². The number of anilines is 1. The van der Waals surface area contributed by atoms with Crippen LogP contribution < -0.4 is 15.4 Å². The second kappa shape index (κ2) is 7.49. The molecule has 1 aromatic carbocycles. The molecule has 2 rings (SSSR count). The van der Waals surface area contributed by atoms with Crippen LogP contribution in [-0.2, 0) is 16.0 Å². The maximum absolute atomic E-state index is 12.1. The van der Waals surface area contributed by atoms with Gasteiger partial charge in [0.25, 0.3) is 0 Å². The van der Waals surface area contributed by atoms with E-state index < -0.39 is 0 Å². The van der Waals surface area contributed by atoms with Crippen LogP contribution in [0, 0.1) is 11.8 Å². The summed E-state index contributed by atoms with van der Waals surface area (Å²) in [6.07, 6.45) is 1.12. The molecule has 1 atom stereocenters. The molecule has 0 saturated carbocycles. The van der Waals surface area contributed by atoms with Gasteiger partial charge in [0.2, 0.25) is 11.8 Å². The maximum Gasteiger partial charge on any atom is 0.227 e. The summed E-state index contributed by atoms with van der Waals surface area (Å²) in [4.78, 5) is 24.0. The van der Waals surface area contributed by atoms with Gasteiger partial charge in [-0.05, 0) is 49.9 Å². The molecule has 1 aromatic rings. The number of hydrogen-bond acceptors (Lipinski definition) is 3. The Morgan fingerprint density at radius 1 is 1.26 bits per heavy atom. The van der Waals surface area contributed by atoms with E-state index in [1.807, 2.05) is 45.9 Å². The van der Waals surface area contributed by atoms with Gasteiger partial charge in [-0.25, -0.2) is 0 Å². The molecule has 0 bridgehead atoms. The number of fused-ring (bicyclic) bond motifs is 1. The van der Waals surface area contributed by atoms with Crippen molar-refractivity contribution in [3.05, 3.63) is 23.8 Å². The largest absolute Gasteiger partial charge is 0.492 e. The third-order valence-corrected chi connectivity index (χ3v) is 3.65. The molecule has 2 amide bonds. The number of carbonyl (C=O) groups is 2. The lowest BCUT2D eigenvalue weighted by molar-refractivity contribution is -0.126. The predicted octanol–water partition coefficient (Wildman–Crippen LogP) is 2.75. The van der Waals surface area contributed by atoms with Crippen LogP contribution in [-0.4, -0.2) is 24.5 Å². The Labute approximate surface area is 137 Å².